The fourth-order valence-electron chi connectivity index (χ4n) is 1.79. The molecule has 1 N–H and O–H groups in total. The van der Waals surface area contributed by atoms with Gasteiger partial charge in [0.1, 0.15) is 5.69 Å². The van der Waals surface area contributed by atoms with Crippen LogP contribution >= 0.6 is 15.9 Å². The SMILES string of the molecule is C[C@H](Oc1ccc(Br)cc1F)C(=O)Nc1ccccc1[N+](=O)[O-]. The van der Waals surface area contributed by atoms with Crippen molar-refractivity contribution in [3.8, 4) is 5.75 Å². The highest BCUT2D eigenvalue weighted by molar-refractivity contribution is 9.10. The van der Waals surface area contributed by atoms with Gasteiger partial charge in [-0.15, -0.1) is 0 Å². The first-order valence-corrected chi connectivity index (χ1v) is 7.34. The average molecular weight is 383 g/mol. The van der Waals surface area contributed by atoms with Crippen molar-refractivity contribution < 1.29 is 18.8 Å². The largest absolute Gasteiger partial charge is 0.478 e. The number of nitro groups is 1. The molecule has 0 aromatic heterocycles. The number of hydrogen-bond acceptors (Lipinski definition) is 4. The van der Waals surface area contributed by atoms with E-state index in [2.05, 4.69) is 21.2 Å². The maximum atomic E-state index is 13.7. The molecule has 6 nitrogen and oxygen atoms in total. The quantitative estimate of drug-likeness (QED) is 0.627. The zero-order chi connectivity index (χ0) is 17.0. The molecule has 8 heteroatoms. The lowest BCUT2D eigenvalue weighted by molar-refractivity contribution is -0.383. The van der Waals surface area contributed by atoms with Gasteiger partial charge in [0, 0.05) is 10.5 Å². The molecule has 2 aromatic rings. The Morgan fingerprint density at radius 2 is 2.04 bits per heavy atom. The van der Waals surface area contributed by atoms with E-state index in [1.807, 2.05) is 0 Å². The monoisotopic (exact) mass is 382 g/mol. The molecule has 0 fully saturated rings. The molecular formula is C15H12BrFN2O4. The summed E-state index contributed by atoms with van der Waals surface area (Å²) >= 11 is 3.12. The lowest BCUT2D eigenvalue weighted by Gasteiger charge is -2.15. The van der Waals surface area contributed by atoms with E-state index in [-0.39, 0.29) is 17.1 Å². The fourth-order valence-corrected chi connectivity index (χ4v) is 2.12. The molecule has 0 heterocycles. The van der Waals surface area contributed by atoms with Crippen molar-refractivity contribution in [3.05, 3.63) is 62.9 Å². The number of carbonyl (C=O) groups is 1. The third kappa shape index (κ3) is 4.26. The van der Waals surface area contributed by atoms with E-state index in [0.717, 1.165) is 0 Å². The number of nitrogens with one attached hydrogen (secondary N) is 1. The van der Waals surface area contributed by atoms with Crippen LogP contribution in [0.25, 0.3) is 0 Å². The molecule has 1 atom stereocenters. The Kier molecular flexibility index (Phi) is 5.28. The van der Waals surface area contributed by atoms with Gasteiger partial charge in [0.2, 0.25) is 0 Å². The number of nitro benzene ring substituents is 1. The van der Waals surface area contributed by atoms with Crippen LogP contribution in [0.2, 0.25) is 0 Å². The molecule has 0 aliphatic carbocycles. The van der Waals surface area contributed by atoms with E-state index in [1.165, 1.54) is 37.3 Å². The smallest absolute Gasteiger partial charge is 0.292 e. The number of para-hydroxylation sites is 2. The summed E-state index contributed by atoms with van der Waals surface area (Å²) in [6, 6.07) is 9.90. The summed E-state index contributed by atoms with van der Waals surface area (Å²) in [6.07, 6.45) is -1.04. The van der Waals surface area contributed by atoms with Gasteiger partial charge in [0.15, 0.2) is 17.7 Å². The molecule has 1 amide bonds. The fraction of sp³-hybridized carbons (Fsp3) is 0.133. The first kappa shape index (κ1) is 16.9. The van der Waals surface area contributed by atoms with Gasteiger partial charge in [-0.25, -0.2) is 4.39 Å². The standard InChI is InChI=1S/C15H12BrFN2O4/c1-9(23-14-7-6-10(16)8-11(14)17)15(20)18-12-4-2-3-5-13(12)19(21)22/h2-9H,1H3,(H,18,20)/t9-/m0/s1. The lowest BCUT2D eigenvalue weighted by Crippen LogP contribution is -2.30. The van der Waals surface area contributed by atoms with Gasteiger partial charge in [0.25, 0.3) is 11.6 Å². The molecule has 0 saturated carbocycles. The normalized spacial score (nSPS) is 11.6. The highest BCUT2D eigenvalue weighted by atomic mass is 79.9. The summed E-state index contributed by atoms with van der Waals surface area (Å²) in [5.41, 5.74) is -0.183. The van der Waals surface area contributed by atoms with E-state index < -0.39 is 22.8 Å². The predicted octanol–water partition coefficient (Wildman–Crippen LogP) is 3.90. The summed E-state index contributed by atoms with van der Waals surface area (Å²) in [4.78, 5) is 22.4. The Bertz CT molecular complexity index is 754. The second kappa shape index (κ2) is 7.19. The molecular weight excluding hydrogens is 371 g/mol. The Hall–Kier alpha value is -2.48. The highest BCUT2D eigenvalue weighted by Crippen LogP contribution is 2.25. The Morgan fingerprint density at radius 3 is 2.70 bits per heavy atom. The van der Waals surface area contributed by atoms with Crippen LogP contribution in [-0.2, 0) is 4.79 Å². The van der Waals surface area contributed by atoms with Crippen molar-refractivity contribution in [1.82, 2.24) is 0 Å². The molecule has 0 saturated heterocycles. The third-order valence-electron chi connectivity index (χ3n) is 2.93. The number of rotatable bonds is 5. The number of halogens is 2. The number of benzene rings is 2. The minimum atomic E-state index is -1.04. The second-order valence-electron chi connectivity index (χ2n) is 4.60. The first-order valence-electron chi connectivity index (χ1n) is 6.54. The summed E-state index contributed by atoms with van der Waals surface area (Å²) in [6.45, 7) is 1.42. The zero-order valence-corrected chi connectivity index (χ0v) is 13.5. The molecule has 0 spiro atoms. The van der Waals surface area contributed by atoms with E-state index in [4.69, 9.17) is 4.74 Å². The van der Waals surface area contributed by atoms with Gasteiger partial charge >= 0.3 is 0 Å². The van der Waals surface area contributed by atoms with Crippen LogP contribution in [0, 0.1) is 15.9 Å². The summed E-state index contributed by atoms with van der Waals surface area (Å²) < 4.78 is 19.5. The maximum absolute atomic E-state index is 13.7. The van der Waals surface area contributed by atoms with Gasteiger partial charge in [-0.3, -0.25) is 14.9 Å². The summed E-state index contributed by atoms with van der Waals surface area (Å²) in [5.74, 6) is -1.33. The minimum absolute atomic E-state index is 0.0502. The van der Waals surface area contributed by atoms with Crippen LogP contribution in [-0.4, -0.2) is 16.9 Å². The Morgan fingerprint density at radius 1 is 1.35 bits per heavy atom. The van der Waals surface area contributed by atoms with Crippen LogP contribution in [0.3, 0.4) is 0 Å². The molecule has 23 heavy (non-hydrogen) atoms. The van der Waals surface area contributed by atoms with Gasteiger partial charge in [-0.05, 0) is 31.2 Å². The lowest BCUT2D eigenvalue weighted by atomic mass is 10.2. The molecule has 0 bridgehead atoms. The van der Waals surface area contributed by atoms with Crippen molar-refractivity contribution >= 4 is 33.2 Å². The topological polar surface area (TPSA) is 81.5 Å². The maximum Gasteiger partial charge on any atom is 0.292 e. The van der Waals surface area contributed by atoms with Crippen LogP contribution in [0.1, 0.15) is 6.92 Å². The molecule has 2 aromatic carbocycles. The Balaban J connectivity index is 2.10. The number of carbonyl (C=O) groups excluding carboxylic acids is 1. The molecule has 0 aliphatic rings. The van der Waals surface area contributed by atoms with Crippen molar-refractivity contribution in [2.24, 2.45) is 0 Å². The highest BCUT2D eigenvalue weighted by Gasteiger charge is 2.20. The first-order chi connectivity index (χ1) is 10.9. The van der Waals surface area contributed by atoms with Crippen molar-refractivity contribution in [3.63, 3.8) is 0 Å². The average Bonchev–Trinajstić information content (AvgIpc) is 2.50. The van der Waals surface area contributed by atoms with Gasteiger partial charge in [0.05, 0.1) is 4.92 Å². The number of amides is 1. The molecule has 120 valence electrons. The molecule has 0 radical (unpaired) electrons. The number of ether oxygens (including phenoxy) is 1. The van der Waals surface area contributed by atoms with E-state index in [1.54, 1.807) is 12.1 Å². The zero-order valence-electron chi connectivity index (χ0n) is 12.0. The number of hydrogen-bond donors (Lipinski definition) is 1. The van der Waals surface area contributed by atoms with Crippen molar-refractivity contribution in [2.75, 3.05) is 5.32 Å². The Labute approximate surface area is 139 Å². The second-order valence-corrected chi connectivity index (χ2v) is 5.51. The molecule has 0 unspecified atom stereocenters. The number of nitrogens with zero attached hydrogens (tertiary/aromatic N) is 1. The van der Waals surface area contributed by atoms with Gasteiger partial charge in [-0.2, -0.15) is 0 Å². The van der Waals surface area contributed by atoms with E-state index in [0.29, 0.717) is 4.47 Å². The van der Waals surface area contributed by atoms with Crippen LogP contribution in [0.15, 0.2) is 46.9 Å². The summed E-state index contributed by atoms with van der Waals surface area (Å²) in [5, 5.41) is 13.3. The summed E-state index contributed by atoms with van der Waals surface area (Å²) in [7, 11) is 0. The third-order valence-corrected chi connectivity index (χ3v) is 3.42. The van der Waals surface area contributed by atoms with E-state index in [9.17, 15) is 19.3 Å². The van der Waals surface area contributed by atoms with Crippen molar-refractivity contribution in [2.45, 2.75) is 13.0 Å². The van der Waals surface area contributed by atoms with E-state index >= 15 is 0 Å². The van der Waals surface area contributed by atoms with Gasteiger partial charge < -0.3 is 10.1 Å². The van der Waals surface area contributed by atoms with Crippen LogP contribution in [0.4, 0.5) is 15.8 Å². The van der Waals surface area contributed by atoms with Crippen LogP contribution < -0.4 is 10.1 Å². The van der Waals surface area contributed by atoms with Crippen LogP contribution in [0.5, 0.6) is 5.75 Å². The molecule has 2 rings (SSSR count). The molecule has 0 aliphatic heterocycles. The number of anilines is 1. The van der Waals surface area contributed by atoms with Crippen molar-refractivity contribution in [1.29, 1.82) is 0 Å². The predicted molar refractivity (Wildman–Crippen MR) is 85.9 cm³/mol. The van der Waals surface area contributed by atoms with Gasteiger partial charge in [-0.1, -0.05) is 28.1 Å². The minimum Gasteiger partial charge on any atom is -0.478 e.